The topological polar surface area (TPSA) is 112 Å². The molecule has 1 aromatic rings. The number of carbonyl (C=O) groups excluding carboxylic acids is 4. The van der Waals surface area contributed by atoms with Gasteiger partial charge in [0.05, 0.1) is 0 Å². The van der Waals surface area contributed by atoms with Crippen LogP contribution in [0.5, 0.6) is 0 Å². The zero-order chi connectivity index (χ0) is 24.2. The molecule has 2 rings (SSSR count). The molecule has 0 aromatic carbocycles. The third-order valence-electron chi connectivity index (χ3n) is 3.94. The van der Waals surface area contributed by atoms with Gasteiger partial charge in [0.15, 0.2) is 0 Å². The fraction of sp³-hybridized carbons (Fsp3) is 0.500. The number of alkyl halides is 1. The number of amides is 1. The molecule has 0 aliphatic carbocycles. The monoisotopic (exact) mass is 672 g/mol. The summed E-state index contributed by atoms with van der Waals surface area (Å²) in [4.78, 5) is 56.4. The summed E-state index contributed by atoms with van der Waals surface area (Å²) in [6, 6.07) is 2.49. The number of nitrogens with zero attached hydrogens (tertiary/aromatic N) is 1. The van der Waals surface area contributed by atoms with Crippen LogP contribution in [0.15, 0.2) is 28.0 Å². The number of ether oxygens (including phenoxy) is 2. The fourth-order valence-electron chi connectivity index (χ4n) is 2.66. The van der Waals surface area contributed by atoms with Crippen LogP contribution in [0, 0.1) is 3.70 Å². The van der Waals surface area contributed by atoms with Crippen molar-refractivity contribution in [1.82, 2.24) is 10.3 Å². The van der Waals surface area contributed by atoms with E-state index in [1.807, 2.05) is 9.01 Å². The predicted octanol–water partition coefficient (Wildman–Crippen LogP) is 4.85. The Kier molecular flexibility index (Phi) is 9.20. The Bertz CT molecular complexity index is 921. The normalized spacial score (nSPS) is 17.7. The van der Waals surface area contributed by atoms with Crippen LogP contribution in [0.1, 0.15) is 47.1 Å². The van der Waals surface area contributed by atoms with Gasteiger partial charge in [0.25, 0.3) is 0 Å². The molecule has 2 heterocycles. The van der Waals surface area contributed by atoms with Gasteiger partial charge in [-0.1, -0.05) is 0 Å². The Morgan fingerprint density at radius 2 is 1.84 bits per heavy atom. The van der Waals surface area contributed by atoms with E-state index in [4.69, 9.17) is 9.47 Å². The van der Waals surface area contributed by atoms with Gasteiger partial charge in [0.1, 0.15) is 0 Å². The van der Waals surface area contributed by atoms with Gasteiger partial charge in [-0.3, -0.25) is 0 Å². The van der Waals surface area contributed by atoms with Crippen molar-refractivity contribution >= 4 is 57.3 Å². The van der Waals surface area contributed by atoms with Gasteiger partial charge in [-0.15, -0.1) is 0 Å². The summed E-state index contributed by atoms with van der Waals surface area (Å²) in [6.07, 6.45) is 0.631. The molecule has 0 saturated heterocycles. The molecule has 10 heteroatoms. The van der Waals surface area contributed by atoms with E-state index in [-0.39, 0.29) is 18.1 Å². The summed E-state index contributed by atoms with van der Waals surface area (Å²) < 4.78 is 13.0. The van der Waals surface area contributed by atoms with Crippen molar-refractivity contribution in [1.29, 1.82) is 0 Å². The number of hydrogen-bond donors (Lipinski definition) is 1. The third kappa shape index (κ3) is 7.49. The predicted molar refractivity (Wildman–Crippen MR) is 139 cm³/mol. The van der Waals surface area contributed by atoms with Crippen LogP contribution in [0.25, 0.3) is 0 Å². The molecule has 1 N–H and O–H groups in total. The first-order chi connectivity index (χ1) is 14.8. The molecule has 178 valence electrons. The molecule has 1 aromatic heterocycles. The van der Waals surface area contributed by atoms with Gasteiger partial charge in [0.2, 0.25) is 0 Å². The molecule has 1 aliphatic rings. The number of esters is 1. The first-order valence-electron chi connectivity index (χ1n) is 9.98. The first-order valence-corrected chi connectivity index (χ1v) is 17.7. The van der Waals surface area contributed by atoms with Gasteiger partial charge in [0, 0.05) is 0 Å². The summed E-state index contributed by atoms with van der Waals surface area (Å²) in [6.45, 7) is 10.4. The summed E-state index contributed by atoms with van der Waals surface area (Å²) in [5.41, 5.74) is 0.645. The second-order valence-electron chi connectivity index (χ2n) is 8.47. The Balaban J connectivity index is 2.20. The van der Waals surface area contributed by atoms with Crippen molar-refractivity contribution in [2.45, 2.75) is 65.7 Å². The van der Waals surface area contributed by atoms with Crippen molar-refractivity contribution in [2.24, 2.45) is 0 Å². The average Bonchev–Trinajstić information content (AvgIpc) is 2.65. The van der Waals surface area contributed by atoms with Gasteiger partial charge in [-0.2, -0.15) is 0 Å². The number of hydrogen-bond acceptors (Lipinski definition) is 7. The van der Waals surface area contributed by atoms with Crippen LogP contribution in [-0.2, 0) is 25.5 Å². The number of pyridine rings is 1. The second kappa shape index (κ2) is 11.0. The Hall–Kier alpha value is -1.57. The van der Waals surface area contributed by atoms with E-state index >= 15 is 0 Å². The third-order valence-corrected chi connectivity index (χ3v) is 18.6. The van der Waals surface area contributed by atoms with E-state index in [0.717, 1.165) is 0 Å². The van der Waals surface area contributed by atoms with Gasteiger partial charge in [-0.05, 0) is 0 Å². The molecular weight excluding hydrogens is 642 g/mol. The molecule has 1 amide bonds. The van der Waals surface area contributed by atoms with Crippen molar-refractivity contribution in [2.75, 3.05) is 4.93 Å². The molecule has 0 radical (unpaired) electrons. The molecule has 0 bridgehead atoms. The van der Waals surface area contributed by atoms with E-state index in [2.05, 4.69) is 10.3 Å². The zero-order valence-corrected chi connectivity index (χ0v) is 23.6. The molecule has 1 aliphatic heterocycles. The molecular formula is C22H30I2N2O6. The summed E-state index contributed by atoms with van der Waals surface area (Å²) in [5, 5.41) is 2.57. The maximum absolute atomic E-state index is 12.7. The van der Waals surface area contributed by atoms with Crippen LogP contribution < -0.4 is 5.32 Å². The Morgan fingerprint density at radius 3 is 2.38 bits per heavy atom. The van der Waals surface area contributed by atoms with Crippen LogP contribution in [-0.4, -0.2) is 45.3 Å². The van der Waals surface area contributed by atoms with Crippen molar-refractivity contribution in [3.05, 3.63) is 37.2 Å². The first kappa shape index (κ1) is 26.7. The van der Waals surface area contributed by atoms with E-state index in [1.165, 1.54) is 0 Å². The van der Waals surface area contributed by atoms with E-state index in [0.29, 0.717) is 14.8 Å². The van der Waals surface area contributed by atoms with Crippen LogP contribution >= 0.6 is 39.6 Å². The number of carbonyl (C=O) groups is 4. The molecule has 1 atom stereocenters. The zero-order valence-electron chi connectivity index (χ0n) is 19.3. The quantitative estimate of drug-likeness (QED) is 0.151. The number of aromatic nitrogens is 1. The van der Waals surface area contributed by atoms with Crippen LogP contribution in [0.4, 0.5) is 9.59 Å². The summed E-state index contributed by atoms with van der Waals surface area (Å²) >= 11 is -4.62. The number of allylic oxidation sites excluding steroid dienone is 1. The standard InChI is InChI=1S/C22H30I2N2O6/c1-13(2)31-19(28)16(26-21(30)32-22(4,5)6)10-15-8-9-17(25-12-15)24-18(27)14(3)11-23(7)20(24)29/h8-9,11-13,16H,10H2,1-7H3,(H,26,30)/t16-/m0/s1. The Morgan fingerprint density at radius 1 is 1.19 bits per heavy atom. The van der Waals surface area contributed by atoms with Crippen molar-refractivity contribution < 1.29 is 28.7 Å². The Labute approximate surface area is 203 Å². The van der Waals surface area contributed by atoms with E-state index < -0.39 is 63.3 Å². The van der Waals surface area contributed by atoms with E-state index in [9.17, 15) is 19.2 Å². The van der Waals surface area contributed by atoms with Crippen molar-refractivity contribution in [3.63, 3.8) is 0 Å². The van der Waals surface area contributed by atoms with Crippen LogP contribution in [0.2, 0.25) is 0 Å². The average molecular weight is 672 g/mol. The van der Waals surface area contributed by atoms with Crippen LogP contribution in [0.3, 0.4) is 0 Å². The maximum atomic E-state index is 12.7. The van der Waals surface area contributed by atoms with Gasteiger partial charge >= 0.3 is 204 Å². The fourth-order valence-corrected chi connectivity index (χ4v) is 16.9. The molecule has 0 saturated carbocycles. The van der Waals surface area contributed by atoms with E-state index in [1.54, 1.807) is 59.9 Å². The number of nitrogens with one attached hydrogen (secondary N) is 1. The summed E-state index contributed by atoms with van der Waals surface area (Å²) in [5.74, 6) is -0.579. The number of rotatable bonds is 6. The molecule has 8 nitrogen and oxygen atoms in total. The number of alkyl carbamates (subject to hydrolysis) is 1. The molecule has 0 spiro atoms. The van der Waals surface area contributed by atoms with Gasteiger partial charge < -0.3 is 0 Å². The molecule has 0 fully saturated rings. The van der Waals surface area contributed by atoms with Crippen molar-refractivity contribution in [3.8, 4) is 0 Å². The minimum absolute atomic E-state index is 0.0557. The minimum atomic E-state index is -2.71. The molecule has 0 unspecified atom stereocenters. The second-order valence-corrected chi connectivity index (χ2v) is 19.8. The number of halogens is 2. The summed E-state index contributed by atoms with van der Waals surface area (Å²) in [7, 11) is 0. The molecule has 32 heavy (non-hydrogen) atoms. The van der Waals surface area contributed by atoms with Gasteiger partial charge in [-0.25, -0.2) is 0 Å². The SMILES string of the molecule is CC1=CI(C)C(=O)I(c2ccc(C[C@H](NC(=O)OC(C)(C)C)C(=O)OC(C)C)cn2)C1=O.